The van der Waals surface area contributed by atoms with E-state index >= 15 is 0 Å². The lowest BCUT2D eigenvalue weighted by Gasteiger charge is -2.30. The van der Waals surface area contributed by atoms with E-state index in [1.54, 1.807) is 0 Å². The monoisotopic (exact) mass is 264 g/mol. The highest BCUT2D eigenvalue weighted by Crippen LogP contribution is 2.14. The molecule has 0 spiro atoms. The Kier molecular flexibility index (Phi) is 4.47. The lowest BCUT2D eigenvalue weighted by molar-refractivity contribution is -0.134. The van der Waals surface area contributed by atoms with Gasteiger partial charge in [0.05, 0.1) is 0 Å². The van der Waals surface area contributed by atoms with Crippen molar-refractivity contribution in [1.29, 1.82) is 0 Å². The van der Waals surface area contributed by atoms with E-state index in [-0.39, 0.29) is 25.0 Å². The summed E-state index contributed by atoms with van der Waals surface area (Å²) in [6, 6.07) is -0.0243. The number of nitrogens with one attached hydrogen (secondary N) is 1. The zero-order valence-corrected chi connectivity index (χ0v) is 10.4. The number of carbonyl (C=O) groups excluding carboxylic acids is 1. The van der Waals surface area contributed by atoms with Crippen LogP contribution >= 0.6 is 0 Å². The molecule has 0 unspecified atom stereocenters. The molecule has 1 saturated heterocycles. The number of carboxylic acids is 1. The number of hydrogen-bond donors (Lipinski definition) is 2. The number of sulfonamides is 1. The summed E-state index contributed by atoms with van der Waals surface area (Å²) in [4.78, 5) is 21.2. The minimum Gasteiger partial charge on any atom is -0.480 e. The Morgan fingerprint density at radius 3 is 2.29 bits per heavy atom. The maximum atomic E-state index is 11.6. The predicted molar refractivity (Wildman–Crippen MR) is 59.8 cm³/mol. The van der Waals surface area contributed by atoms with Gasteiger partial charge >= 0.3 is 5.97 Å². The van der Waals surface area contributed by atoms with Crippen molar-refractivity contribution >= 4 is 21.9 Å². The standard InChI is InChI=1S/C9H16N2O5S/c1-7(12)10-8-2-4-11(5-3-8)17(15,16)6-9(13)14/h8H,2-6H2,1H3,(H,10,12)(H,13,14). The molecule has 0 aromatic rings. The minimum absolute atomic E-state index is 0.0243. The van der Waals surface area contributed by atoms with Crippen molar-refractivity contribution in [3.63, 3.8) is 0 Å². The third kappa shape index (κ3) is 4.31. The molecular formula is C9H16N2O5S. The maximum absolute atomic E-state index is 11.6. The fourth-order valence-corrected chi connectivity index (χ4v) is 3.07. The Balaban J connectivity index is 2.51. The van der Waals surface area contributed by atoms with E-state index in [1.807, 2.05) is 0 Å². The van der Waals surface area contributed by atoms with Gasteiger partial charge in [0.25, 0.3) is 0 Å². The van der Waals surface area contributed by atoms with Crippen molar-refractivity contribution in [1.82, 2.24) is 9.62 Å². The number of nitrogens with zero attached hydrogens (tertiary/aromatic N) is 1. The highest BCUT2D eigenvalue weighted by atomic mass is 32.2. The molecule has 1 aliphatic rings. The molecule has 1 heterocycles. The van der Waals surface area contributed by atoms with E-state index in [1.165, 1.54) is 11.2 Å². The van der Waals surface area contributed by atoms with Gasteiger partial charge in [0.15, 0.2) is 5.75 Å². The summed E-state index contributed by atoms with van der Waals surface area (Å²) in [6.07, 6.45) is 1.02. The second-order valence-corrected chi connectivity index (χ2v) is 5.99. The first-order valence-electron chi connectivity index (χ1n) is 5.28. The van der Waals surface area contributed by atoms with Crippen LogP contribution in [0.5, 0.6) is 0 Å². The first-order valence-corrected chi connectivity index (χ1v) is 6.89. The zero-order chi connectivity index (χ0) is 13.1. The molecule has 0 saturated carbocycles. The molecule has 1 aliphatic heterocycles. The van der Waals surface area contributed by atoms with Crippen molar-refractivity contribution in [2.24, 2.45) is 0 Å². The van der Waals surface area contributed by atoms with Crippen LogP contribution in [0.3, 0.4) is 0 Å². The summed E-state index contributed by atoms with van der Waals surface area (Å²) in [5, 5.41) is 11.2. The van der Waals surface area contributed by atoms with Gasteiger partial charge in [-0.2, -0.15) is 0 Å². The highest BCUT2D eigenvalue weighted by Gasteiger charge is 2.29. The molecule has 0 radical (unpaired) electrons. The van der Waals surface area contributed by atoms with Gasteiger partial charge in [-0.1, -0.05) is 0 Å². The number of aliphatic carboxylic acids is 1. The molecule has 0 aromatic carbocycles. The SMILES string of the molecule is CC(=O)NC1CCN(S(=O)(=O)CC(=O)O)CC1. The summed E-state index contributed by atoms with van der Waals surface area (Å²) in [5.74, 6) is -2.37. The fourth-order valence-electron chi connectivity index (χ4n) is 1.81. The topological polar surface area (TPSA) is 104 Å². The second kappa shape index (κ2) is 5.46. The zero-order valence-electron chi connectivity index (χ0n) is 9.55. The van der Waals surface area contributed by atoms with Gasteiger partial charge in [-0.15, -0.1) is 0 Å². The fraction of sp³-hybridized carbons (Fsp3) is 0.778. The molecule has 7 nitrogen and oxygen atoms in total. The Hall–Kier alpha value is -1.15. The van der Waals surface area contributed by atoms with Gasteiger partial charge in [0.2, 0.25) is 15.9 Å². The van der Waals surface area contributed by atoms with Crippen LogP contribution in [0.25, 0.3) is 0 Å². The molecule has 1 fully saturated rings. The van der Waals surface area contributed by atoms with Gasteiger partial charge < -0.3 is 10.4 Å². The average molecular weight is 264 g/mol. The Morgan fingerprint density at radius 2 is 1.88 bits per heavy atom. The Bertz CT molecular complexity index is 398. The van der Waals surface area contributed by atoms with Crippen LogP contribution < -0.4 is 5.32 Å². The van der Waals surface area contributed by atoms with Crippen molar-refractivity contribution in [2.75, 3.05) is 18.8 Å². The molecule has 1 amide bonds. The van der Waals surface area contributed by atoms with Crippen LogP contribution in [0, 0.1) is 0 Å². The van der Waals surface area contributed by atoms with Gasteiger partial charge in [-0.25, -0.2) is 12.7 Å². The maximum Gasteiger partial charge on any atom is 0.320 e. The Labute approximate surface area is 99.8 Å². The third-order valence-electron chi connectivity index (χ3n) is 2.56. The average Bonchev–Trinajstić information content (AvgIpc) is 2.15. The number of amides is 1. The minimum atomic E-state index is -3.71. The first kappa shape index (κ1) is 13.9. The Morgan fingerprint density at radius 1 is 1.35 bits per heavy atom. The summed E-state index contributed by atoms with van der Waals surface area (Å²) < 4.78 is 24.3. The van der Waals surface area contributed by atoms with Crippen molar-refractivity contribution in [3.05, 3.63) is 0 Å². The molecule has 17 heavy (non-hydrogen) atoms. The van der Waals surface area contributed by atoms with Crippen molar-refractivity contribution in [3.8, 4) is 0 Å². The van der Waals surface area contributed by atoms with Gasteiger partial charge in [-0.05, 0) is 12.8 Å². The molecule has 0 aliphatic carbocycles. The molecule has 0 bridgehead atoms. The van der Waals surface area contributed by atoms with Crippen LogP contribution in [0.1, 0.15) is 19.8 Å². The second-order valence-electron chi connectivity index (χ2n) is 4.02. The lowest BCUT2D eigenvalue weighted by Crippen LogP contribution is -2.47. The van der Waals surface area contributed by atoms with Crippen LogP contribution in [-0.2, 0) is 19.6 Å². The van der Waals surface area contributed by atoms with E-state index < -0.39 is 21.7 Å². The molecule has 1 rings (SSSR count). The van der Waals surface area contributed by atoms with Crippen LogP contribution in [-0.4, -0.2) is 54.6 Å². The number of hydrogen-bond acceptors (Lipinski definition) is 4. The quantitative estimate of drug-likeness (QED) is 0.678. The number of piperidine rings is 1. The molecule has 98 valence electrons. The summed E-state index contributed by atoms with van der Waals surface area (Å²) >= 11 is 0. The van der Waals surface area contributed by atoms with Gasteiger partial charge in [-0.3, -0.25) is 9.59 Å². The van der Waals surface area contributed by atoms with Crippen LogP contribution in [0.2, 0.25) is 0 Å². The molecular weight excluding hydrogens is 248 g/mol. The van der Waals surface area contributed by atoms with Crippen molar-refractivity contribution < 1.29 is 23.1 Å². The van der Waals surface area contributed by atoms with Gasteiger partial charge in [0, 0.05) is 26.1 Å². The third-order valence-corrected chi connectivity index (χ3v) is 4.32. The van der Waals surface area contributed by atoms with Crippen LogP contribution in [0.15, 0.2) is 0 Å². The molecule has 0 atom stereocenters. The van der Waals surface area contributed by atoms with Crippen LogP contribution in [0.4, 0.5) is 0 Å². The molecule has 8 heteroatoms. The molecule has 2 N–H and O–H groups in total. The predicted octanol–water partition coefficient (Wildman–Crippen LogP) is -0.999. The van der Waals surface area contributed by atoms with Crippen molar-refractivity contribution in [2.45, 2.75) is 25.8 Å². The normalized spacial score (nSPS) is 18.9. The summed E-state index contributed by atoms with van der Waals surface area (Å²) in [6.45, 7) is 1.91. The number of carboxylic acid groups (broad SMARTS) is 1. The summed E-state index contributed by atoms with van der Waals surface area (Å²) in [5.41, 5.74) is 0. The van der Waals surface area contributed by atoms with E-state index in [0.29, 0.717) is 12.8 Å². The first-order chi connectivity index (χ1) is 7.81. The van der Waals surface area contributed by atoms with Gasteiger partial charge in [0.1, 0.15) is 0 Å². The van der Waals surface area contributed by atoms with E-state index in [2.05, 4.69) is 5.32 Å². The number of rotatable bonds is 4. The number of carbonyl (C=O) groups is 2. The summed E-state index contributed by atoms with van der Waals surface area (Å²) in [7, 11) is -3.71. The largest absolute Gasteiger partial charge is 0.480 e. The van der Waals surface area contributed by atoms with E-state index in [9.17, 15) is 18.0 Å². The smallest absolute Gasteiger partial charge is 0.320 e. The lowest BCUT2D eigenvalue weighted by atomic mass is 10.1. The highest BCUT2D eigenvalue weighted by molar-refractivity contribution is 7.89. The molecule has 0 aromatic heterocycles. The van der Waals surface area contributed by atoms with E-state index in [0.717, 1.165) is 0 Å². The van der Waals surface area contributed by atoms with E-state index in [4.69, 9.17) is 5.11 Å².